The van der Waals surface area contributed by atoms with E-state index in [-0.39, 0.29) is 31.2 Å². The van der Waals surface area contributed by atoms with Gasteiger partial charge in [0.15, 0.2) is 0 Å². The molecule has 0 aromatic heterocycles. The lowest BCUT2D eigenvalue weighted by Crippen LogP contribution is -2.58. The first kappa shape index (κ1) is 29.7. The summed E-state index contributed by atoms with van der Waals surface area (Å²) >= 11 is 3.37. The van der Waals surface area contributed by atoms with Gasteiger partial charge in [-0.15, -0.1) is 0 Å². The van der Waals surface area contributed by atoms with Gasteiger partial charge in [0.05, 0.1) is 11.5 Å². The summed E-state index contributed by atoms with van der Waals surface area (Å²) in [6.07, 6.45) is -4.50. The fourth-order valence-electron chi connectivity index (χ4n) is 5.22. The molecule has 1 aliphatic carbocycles. The van der Waals surface area contributed by atoms with Crippen LogP contribution in [0.1, 0.15) is 38.2 Å². The lowest BCUT2D eigenvalue weighted by atomic mass is 9.80. The molecule has 40 heavy (non-hydrogen) atoms. The van der Waals surface area contributed by atoms with Crippen LogP contribution in [0.3, 0.4) is 0 Å². The van der Waals surface area contributed by atoms with Crippen LogP contribution in [0.15, 0.2) is 22.7 Å². The Kier molecular flexibility index (Phi) is 7.63. The second-order valence-corrected chi connectivity index (χ2v) is 11.4. The number of anilines is 1. The van der Waals surface area contributed by atoms with Crippen LogP contribution >= 0.6 is 15.9 Å². The number of rotatable bonds is 7. The third kappa shape index (κ3) is 5.13. The highest BCUT2D eigenvalue weighted by Crippen LogP contribution is 2.47. The van der Waals surface area contributed by atoms with Crippen LogP contribution in [0.4, 0.5) is 27.6 Å². The van der Waals surface area contributed by atoms with Crippen LogP contribution in [0.2, 0.25) is 0 Å². The summed E-state index contributed by atoms with van der Waals surface area (Å²) in [5, 5.41) is 14.1. The summed E-state index contributed by atoms with van der Waals surface area (Å²) in [4.78, 5) is 53.8. The third-order valence-electron chi connectivity index (χ3n) is 7.68. The highest BCUT2D eigenvalue weighted by molar-refractivity contribution is 9.10. The number of nitrogens with zero attached hydrogens (tertiary/aromatic N) is 3. The van der Waals surface area contributed by atoms with Crippen LogP contribution in [0.25, 0.3) is 0 Å². The van der Waals surface area contributed by atoms with E-state index in [4.69, 9.17) is 0 Å². The average molecular weight is 634 g/mol. The van der Waals surface area contributed by atoms with Gasteiger partial charge >= 0.3 is 18.0 Å². The monoisotopic (exact) mass is 633 g/mol. The van der Waals surface area contributed by atoms with Crippen molar-refractivity contribution in [2.75, 3.05) is 18.9 Å². The quantitative estimate of drug-likeness (QED) is 0.447. The molecule has 4 amide bonds. The molecular weight excluding hydrogens is 609 g/mol. The van der Waals surface area contributed by atoms with Crippen LogP contribution in [0, 0.1) is 17.2 Å². The molecule has 0 bridgehead atoms. The minimum absolute atomic E-state index is 0.00266. The summed E-state index contributed by atoms with van der Waals surface area (Å²) in [5.41, 5.74) is -0.0689. The van der Waals surface area contributed by atoms with Gasteiger partial charge in [-0.1, -0.05) is 28.8 Å². The minimum atomic E-state index is -6.16. The van der Waals surface area contributed by atoms with Crippen molar-refractivity contribution < 1.29 is 41.1 Å². The van der Waals surface area contributed by atoms with Gasteiger partial charge in [-0.05, 0) is 43.0 Å². The number of halogens is 6. The molecule has 2 fully saturated rings. The number of nitriles is 1. The highest BCUT2D eigenvalue weighted by Gasteiger charge is 2.64. The molecule has 2 heterocycles. The van der Waals surface area contributed by atoms with Gasteiger partial charge in [-0.25, -0.2) is 0 Å². The average Bonchev–Trinajstić information content (AvgIpc) is 3.56. The molecule has 1 aromatic rings. The molecule has 1 aromatic carbocycles. The summed E-state index contributed by atoms with van der Waals surface area (Å²) < 4.78 is 65.3. The minimum Gasteiger partial charge on any atom is -0.339 e. The fraction of sp³-hybridized carbons (Fsp3) is 0.560. The Bertz CT molecular complexity index is 1300. The number of alkyl halides is 5. The predicted octanol–water partition coefficient (Wildman–Crippen LogP) is 3.09. The van der Waals surface area contributed by atoms with Gasteiger partial charge in [0.2, 0.25) is 17.7 Å². The predicted molar refractivity (Wildman–Crippen MR) is 133 cm³/mol. The lowest BCUT2D eigenvalue weighted by molar-refractivity contribution is -0.270. The molecule has 0 unspecified atom stereocenters. The van der Waals surface area contributed by atoms with E-state index in [1.165, 1.54) is 17.3 Å². The normalized spacial score (nSPS) is 23.7. The topological polar surface area (TPSA) is 123 Å². The number of carbonyl (C=O) groups excluding carboxylic acids is 4. The molecule has 216 valence electrons. The third-order valence-corrected chi connectivity index (χ3v) is 8.18. The van der Waals surface area contributed by atoms with E-state index in [2.05, 4.69) is 21.2 Å². The Morgan fingerprint density at radius 1 is 1.27 bits per heavy atom. The number of hydrogen-bond donors (Lipinski definition) is 2. The molecule has 0 radical (unpaired) electrons. The van der Waals surface area contributed by atoms with E-state index in [1.54, 1.807) is 18.2 Å². The Labute approximate surface area is 234 Å². The molecule has 2 aliphatic heterocycles. The fourth-order valence-corrected chi connectivity index (χ4v) is 5.58. The lowest BCUT2D eigenvalue weighted by Gasteiger charge is -2.34. The van der Waals surface area contributed by atoms with Crippen molar-refractivity contribution in [3.63, 3.8) is 0 Å². The summed E-state index contributed by atoms with van der Waals surface area (Å²) in [6.45, 7) is 0.773. The Morgan fingerprint density at radius 2 is 1.93 bits per heavy atom. The van der Waals surface area contributed by atoms with Crippen molar-refractivity contribution in [3.8, 4) is 6.07 Å². The van der Waals surface area contributed by atoms with E-state index in [0.29, 0.717) is 15.7 Å². The maximum Gasteiger partial charge on any atom is 0.463 e. The van der Waals surface area contributed by atoms with Crippen molar-refractivity contribution in [2.45, 2.75) is 68.2 Å². The standard InChI is InChI=1S/C25H25BrF5N5O4/c1-12(33-22(40)24(27,28)25(29,30)31)19(37)35(2)18(7-13-3-4-13)20(38)36-11-23(9-15(36)10-32)16-8-14(26)5-6-17(16)34-21(23)39/h5-6,8,12-13,15,18H,3-4,7,9,11H2,1-2H3,(H,33,40)(H,34,39)/t12-,15-,18-,23-/m0/s1. The second-order valence-electron chi connectivity index (χ2n) is 10.5. The van der Waals surface area contributed by atoms with E-state index < -0.39 is 53.4 Å². The second kappa shape index (κ2) is 10.3. The first-order valence-electron chi connectivity index (χ1n) is 12.4. The Balaban J connectivity index is 1.57. The van der Waals surface area contributed by atoms with Gasteiger partial charge in [0.1, 0.15) is 18.1 Å². The largest absolute Gasteiger partial charge is 0.463 e. The van der Waals surface area contributed by atoms with Crippen LogP contribution in [-0.2, 0) is 24.6 Å². The van der Waals surface area contributed by atoms with E-state index in [9.17, 15) is 46.4 Å². The number of hydrogen-bond acceptors (Lipinski definition) is 5. The number of likely N-dealkylation sites (N-methyl/N-ethyl adjacent to an activating group) is 1. The summed E-state index contributed by atoms with van der Waals surface area (Å²) in [5.74, 6) is -10.5. The van der Waals surface area contributed by atoms with Gasteiger partial charge < -0.3 is 20.4 Å². The number of likely N-dealkylation sites (tertiary alicyclic amines) is 1. The molecule has 1 saturated heterocycles. The number of amides is 4. The Hall–Kier alpha value is -3.28. The van der Waals surface area contributed by atoms with Crippen molar-refractivity contribution in [3.05, 3.63) is 28.2 Å². The number of fused-ring (bicyclic) bond motifs is 2. The number of benzene rings is 1. The highest BCUT2D eigenvalue weighted by atomic mass is 79.9. The van der Waals surface area contributed by atoms with Crippen LogP contribution in [-0.4, -0.2) is 77.2 Å². The van der Waals surface area contributed by atoms with Crippen molar-refractivity contribution >= 4 is 45.2 Å². The molecule has 4 atom stereocenters. The van der Waals surface area contributed by atoms with E-state index in [0.717, 1.165) is 24.7 Å². The maximum atomic E-state index is 13.9. The molecule has 1 spiro atoms. The molecule has 4 rings (SSSR count). The van der Waals surface area contributed by atoms with Gasteiger partial charge in [-0.3, -0.25) is 19.2 Å². The zero-order valence-corrected chi connectivity index (χ0v) is 22.9. The first-order valence-corrected chi connectivity index (χ1v) is 13.2. The van der Waals surface area contributed by atoms with E-state index >= 15 is 0 Å². The summed E-state index contributed by atoms with van der Waals surface area (Å²) in [6, 6.07) is 3.14. The molecular formula is C25H25BrF5N5O4. The maximum absolute atomic E-state index is 13.9. The van der Waals surface area contributed by atoms with Gasteiger partial charge in [0.25, 0.3) is 0 Å². The zero-order valence-electron chi connectivity index (χ0n) is 21.3. The number of carbonyl (C=O) groups is 4. The Morgan fingerprint density at radius 3 is 2.50 bits per heavy atom. The van der Waals surface area contributed by atoms with Gasteiger partial charge in [0, 0.05) is 30.2 Å². The zero-order chi connectivity index (χ0) is 29.8. The van der Waals surface area contributed by atoms with E-state index in [1.807, 2.05) is 6.07 Å². The van der Waals surface area contributed by atoms with Crippen molar-refractivity contribution in [2.24, 2.45) is 5.92 Å². The smallest absolute Gasteiger partial charge is 0.339 e. The number of nitrogens with one attached hydrogen (secondary N) is 2. The van der Waals surface area contributed by atoms with Crippen LogP contribution in [0.5, 0.6) is 0 Å². The summed E-state index contributed by atoms with van der Waals surface area (Å²) in [7, 11) is 1.18. The molecule has 2 N–H and O–H groups in total. The molecule has 3 aliphatic rings. The van der Waals surface area contributed by atoms with Crippen molar-refractivity contribution in [1.29, 1.82) is 5.26 Å². The first-order chi connectivity index (χ1) is 18.5. The van der Waals surface area contributed by atoms with Gasteiger partial charge in [-0.2, -0.15) is 27.2 Å². The molecule has 1 saturated carbocycles. The molecule has 9 nitrogen and oxygen atoms in total. The SMILES string of the molecule is C[C@H](NC(=O)C(F)(F)C(F)(F)F)C(=O)N(C)[C@@H](CC1CC1)C(=O)N1C[C@]2(C[C@H]1C#N)C(=O)Nc1ccc(Br)cc12. The molecule has 15 heteroatoms. The van der Waals surface area contributed by atoms with Crippen molar-refractivity contribution in [1.82, 2.24) is 15.1 Å². The van der Waals surface area contributed by atoms with Crippen LogP contribution < -0.4 is 10.6 Å².